The molecule has 3 rings (SSSR count). The Balaban J connectivity index is 1.73. The molecule has 1 N–H and O–H groups in total. The van der Waals surface area contributed by atoms with Gasteiger partial charge in [-0.25, -0.2) is 4.79 Å². The molecule has 0 amide bonds. The summed E-state index contributed by atoms with van der Waals surface area (Å²) in [5.41, 5.74) is 2.27. The van der Waals surface area contributed by atoms with Gasteiger partial charge in [-0.05, 0) is 64.0 Å². The summed E-state index contributed by atoms with van der Waals surface area (Å²) in [6.45, 7) is 6.75. The highest BCUT2D eigenvalue weighted by Crippen LogP contribution is 2.25. The molecular weight excluding hydrogens is 456 g/mol. The third-order valence-corrected chi connectivity index (χ3v) is 6.50. The first-order valence-corrected chi connectivity index (χ1v) is 13.0. The molecule has 36 heavy (non-hydrogen) atoms. The lowest BCUT2D eigenvalue weighted by Gasteiger charge is -2.27. The Bertz CT molecular complexity index is 937. The van der Waals surface area contributed by atoms with E-state index >= 15 is 0 Å². The number of carbonyl (C=O) groups is 2. The summed E-state index contributed by atoms with van der Waals surface area (Å²) in [7, 11) is 0. The van der Waals surface area contributed by atoms with E-state index in [0.29, 0.717) is 18.9 Å². The van der Waals surface area contributed by atoms with Crippen molar-refractivity contribution < 1.29 is 28.9 Å². The highest BCUT2D eigenvalue weighted by molar-refractivity contribution is 5.91. The molecule has 6 atom stereocenters. The van der Waals surface area contributed by atoms with Gasteiger partial charge >= 0.3 is 5.97 Å². The minimum absolute atomic E-state index is 0.0261. The Morgan fingerprint density at radius 3 is 2.69 bits per heavy atom. The van der Waals surface area contributed by atoms with Crippen molar-refractivity contribution in [3.05, 3.63) is 71.9 Å². The molecule has 6 heteroatoms. The van der Waals surface area contributed by atoms with Gasteiger partial charge in [0.15, 0.2) is 5.78 Å². The van der Waals surface area contributed by atoms with E-state index in [1.807, 2.05) is 26.0 Å². The van der Waals surface area contributed by atoms with Gasteiger partial charge in [-0.2, -0.15) is 0 Å². The second-order valence-electron chi connectivity index (χ2n) is 10.1. The standard InChI is InChI=1S/C30H40O6/c1-21-15-16-34-26(19-21)13-14-28(32)29-11-4-7-24(31)18-22(2)17-23(3)20-27-10-5-8-25(35-27)9-6-12-30(33)36-29/h4-6,8,11-15,18,23,25-29,32H,7,9-10,16-17,19-20H2,1-3H3/t23-,25-,26+,27-,28-,29-/m0/s1. The summed E-state index contributed by atoms with van der Waals surface area (Å²) < 4.78 is 17.4. The SMILES string of the molecule is CC1=CC(=O)CC=C[C@@H]([C@@H](O)C=C[C@@H]2CC(C)=CCO2)OC(=O)C=CC[C@@H]2C=CC[C@@H](C[C@@H](C)C1)O2. The zero-order chi connectivity index (χ0) is 25.9. The van der Waals surface area contributed by atoms with E-state index in [9.17, 15) is 14.7 Å². The van der Waals surface area contributed by atoms with Crippen LogP contribution in [0.2, 0.25) is 0 Å². The smallest absolute Gasteiger partial charge is 0.331 e. The van der Waals surface area contributed by atoms with Crippen molar-refractivity contribution in [2.45, 2.75) is 89.8 Å². The van der Waals surface area contributed by atoms with Crippen LogP contribution < -0.4 is 0 Å². The van der Waals surface area contributed by atoms with Crippen molar-refractivity contribution in [1.82, 2.24) is 0 Å². The molecule has 0 radical (unpaired) electrons. The predicted octanol–water partition coefficient (Wildman–Crippen LogP) is 5.10. The Labute approximate surface area is 215 Å². The fourth-order valence-corrected chi connectivity index (χ4v) is 4.75. The van der Waals surface area contributed by atoms with Gasteiger partial charge in [0.05, 0.1) is 24.9 Å². The van der Waals surface area contributed by atoms with Crippen LogP contribution in [0.15, 0.2) is 71.9 Å². The van der Waals surface area contributed by atoms with Crippen LogP contribution in [0.1, 0.15) is 59.3 Å². The minimum atomic E-state index is -1.07. The van der Waals surface area contributed by atoms with Crippen LogP contribution in [0.3, 0.4) is 0 Å². The fourth-order valence-electron chi connectivity index (χ4n) is 4.75. The number of hydrogen-bond acceptors (Lipinski definition) is 6. The van der Waals surface area contributed by atoms with Gasteiger partial charge in [-0.15, -0.1) is 0 Å². The van der Waals surface area contributed by atoms with Crippen molar-refractivity contribution in [3.63, 3.8) is 0 Å². The lowest BCUT2D eigenvalue weighted by Crippen LogP contribution is -2.28. The Hall–Kier alpha value is -2.54. The van der Waals surface area contributed by atoms with Gasteiger partial charge in [-0.3, -0.25) is 4.79 Å². The number of aliphatic hydroxyl groups excluding tert-OH is 1. The molecule has 2 bridgehead atoms. The Kier molecular flexibility index (Phi) is 11.1. The molecule has 196 valence electrons. The Morgan fingerprint density at radius 1 is 1.06 bits per heavy atom. The number of carbonyl (C=O) groups excluding carboxylic acids is 2. The summed E-state index contributed by atoms with van der Waals surface area (Å²) in [4.78, 5) is 25.0. The highest BCUT2D eigenvalue weighted by Gasteiger charge is 2.22. The number of ketones is 1. The molecule has 3 aliphatic rings. The van der Waals surface area contributed by atoms with Gasteiger partial charge in [-0.1, -0.05) is 60.6 Å². The molecule has 0 fully saturated rings. The van der Waals surface area contributed by atoms with Crippen molar-refractivity contribution in [3.8, 4) is 0 Å². The van der Waals surface area contributed by atoms with Crippen LogP contribution >= 0.6 is 0 Å². The summed E-state index contributed by atoms with van der Waals surface area (Å²) >= 11 is 0. The summed E-state index contributed by atoms with van der Waals surface area (Å²) in [6, 6.07) is 0. The highest BCUT2D eigenvalue weighted by atomic mass is 16.6. The lowest BCUT2D eigenvalue weighted by molar-refractivity contribution is -0.144. The fraction of sp³-hybridized carbons (Fsp3) is 0.533. The summed E-state index contributed by atoms with van der Waals surface area (Å²) in [5.74, 6) is -0.190. The van der Waals surface area contributed by atoms with Gasteiger partial charge in [0.1, 0.15) is 12.2 Å². The number of aliphatic hydroxyl groups is 1. The minimum Gasteiger partial charge on any atom is -0.452 e. The second-order valence-corrected chi connectivity index (χ2v) is 10.1. The number of fused-ring (bicyclic) bond motifs is 2. The van der Waals surface area contributed by atoms with Crippen molar-refractivity contribution in [2.24, 2.45) is 5.92 Å². The van der Waals surface area contributed by atoms with E-state index in [2.05, 4.69) is 13.0 Å². The molecule has 0 spiro atoms. The van der Waals surface area contributed by atoms with E-state index in [0.717, 1.165) is 31.3 Å². The zero-order valence-corrected chi connectivity index (χ0v) is 21.7. The first kappa shape index (κ1) is 28.0. The molecule has 0 aromatic rings. The number of rotatable bonds is 3. The lowest BCUT2D eigenvalue weighted by atomic mass is 9.93. The summed E-state index contributed by atoms with van der Waals surface area (Å²) in [5, 5.41) is 10.8. The third-order valence-electron chi connectivity index (χ3n) is 6.50. The van der Waals surface area contributed by atoms with Gasteiger partial charge in [0.25, 0.3) is 0 Å². The van der Waals surface area contributed by atoms with Gasteiger partial charge in [0.2, 0.25) is 0 Å². The maximum absolute atomic E-state index is 12.5. The van der Waals surface area contributed by atoms with Crippen LogP contribution in [0, 0.1) is 5.92 Å². The molecule has 0 aromatic heterocycles. The van der Waals surface area contributed by atoms with E-state index in [4.69, 9.17) is 14.2 Å². The third kappa shape index (κ3) is 9.84. The quantitative estimate of drug-likeness (QED) is 0.432. The van der Waals surface area contributed by atoms with E-state index in [1.165, 1.54) is 11.6 Å². The Morgan fingerprint density at radius 2 is 1.89 bits per heavy atom. The first-order valence-electron chi connectivity index (χ1n) is 13.0. The van der Waals surface area contributed by atoms with Crippen LogP contribution in [0.5, 0.6) is 0 Å². The van der Waals surface area contributed by atoms with Crippen LogP contribution in [-0.2, 0) is 23.8 Å². The second kappa shape index (κ2) is 14.3. The van der Waals surface area contributed by atoms with Crippen LogP contribution in [0.25, 0.3) is 0 Å². The number of allylic oxidation sites excluding steroid dienone is 3. The van der Waals surface area contributed by atoms with Crippen LogP contribution in [-0.4, -0.2) is 54.0 Å². The topological polar surface area (TPSA) is 82.1 Å². The number of hydrogen-bond donors (Lipinski definition) is 1. The molecule has 3 heterocycles. The van der Waals surface area contributed by atoms with E-state index < -0.39 is 18.2 Å². The van der Waals surface area contributed by atoms with Gasteiger partial charge in [0, 0.05) is 12.5 Å². The number of cyclic esters (lactones) is 1. The van der Waals surface area contributed by atoms with Crippen LogP contribution in [0.4, 0.5) is 0 Å². The average molecular weight is 497 g/mol. The van der Waals surface area contributed by atoms with E-state index in [-0.39, 0.29) is 30.5 Å². The number of esters is 1. The monoisotopic (exact) mass is 496 g/mol. The molecule has 0 saturated carbocycles. The largest absolute Gasteiger partial charge is 0.452 e. The molecule has 6 nitrogen and oxygen atoms in total. The normalized spacial score (nSPS) is 31.8. The van der Waals surface area contributed by atoms with Gasteiger partial charge < -0.3 is 19.3 Å². The molecular formula is C30H40O6. The van der Waals surface area contributed by atoms with E-state index in [1.54, 1.807) is 36.5 Å². The maximum atomic E-state index is 12.5. The zero-order valence-electron chi connectivity index (χ0n) is 21.7. The summed E-state index contributed by atoms with van der Waals surface area (Å²) in [6.07, 6.45) is 19.7. The molecule has 0 saturated heterocycles. The molecule has 0 unspecified atom stereocenters. The predicted molar refractivity (Wildman–Crippen MR) is 140 cm³/mol. The maximum Gasteiger partial charge on any atom is 0.331 e. The number of ether oxygens (including phenoxy) is 3. The molecule has 0 aromatic carbocycles. The van der Waals surface area contributed by atoms with Crippen molar-refractivity contribution in [1.29, 1.82) is 0 Å². The molecule has 3 aliphatic heterocycles. The molecule has 0 aliphatic carbocycles. The average Bonchev–Trinajstić information content (AvgIpc) is 2.81. The first-order chi connectivity index (χ1) is 17.3. The van der Waals surface area contributed by atoms with Crippen molar-refractivity contribution in [2.75, 3.05) is 6.61 Å². The van der Waals surface area contributed by atoms with Crippen molar-refractivity contribution >= 4 is 11.8 Å².